The zero-order valence-corrected chi connectivity index (χ0v) is 20.2. The summed E-state index contributed by atoms with van der Waals surface area (Å²) in [6, 6.07) is 13.2. The molecule has 35 heavy (non-hydrogen) atoms. The molecule has 1 saturated heterocycles. The van der Waals surface area contributed by atoms with Gasteiger partial charge in [-0.2, -0.15) is 9.40 Å². The lowest BCUT2D eigenvalue weighted by atomic mass is 10.2. The molecule has 0 spiro atoms. The van der Waals surface area contributed by atoms with E-state index in [9.17, 15) is 23.3 Å². The molecule has 4 rings (SSSR count). The number of carbonyl (C=O) groups is 1. The zero-order chi connectivity index (χ0) is 25.3. The summed E-state index contributed by atoms with van der Waals surface area (Å²) >= 11 is 0. The Morgan fingerprint density at radius 3 is 2.26 bits per heavy atom. The molecule has 2 heterocycles. The molecule has 1 aromatic heterocycles. The SMILES string of the molecule is Cc1cc(NC(=O)c2ccc(S(=O)(=O)N3CC(C)OC(C)C3)cc2)n(-c2ccc([N+](=O)[O-])cc2)n1. The lowest BCUT2D eigenvalue weighted by molar-refractivity contribution is -0.384. The van der Waals surface area contributed by atoms with E-state index in [1.54, 1.807) is 13.0 Å². The second-order valence-electron chi connectivity index (χ2n) is 8.41. The topological polar surface area (TPSA) is 137 Å². The summed E-state index contributed by atoms with van der Waals surface area (Å²) in [4.78, 5) is 23.4. The standard InChI is InChI=1S/C23H25N5O6S/c1-15-12-22(27(25-15)19-6-8-20(9-7-19)28(30)31)24-23(29)18-4-10-21(11-5-18)35(32,33)26-13-16(2)34-17(3)14-26/h4-12,16-17H,13-14H2,1-3H3,(H,24,29). The maximum absolute atomic E-state index is 13.0. The minimum atomic E-state index is -3.72. The van der Waals surface area contributed by atoms with E-state index in [4.69, 9.17) is 4.74 Å². The Bertz CT molecular complexity index is 1340. The first-order chi connectivity index (χ1) is 16.5. The summed E-state index contributed by atoms with van der Waals surface area (Å²) in [6.07, 6.45) is -0.412. The predicted molar refractivity (Wildman–Crippen MR) is 128 cm³/mol. The average Bonchev–Trinajstić information content (AvgIpc) is 3.18. The van der Waals surface area contributed by atoms with E-state index >= 15 is 0 Å². The fraction of sp³-hybridized carbons (Fsp3) is 0.304. The van der Waals surface area contributed by atoms with Gasteiger partial charge in [0.2, 0.25) is 10.0 Å². The molecule has 2 unspecified atom stereocenters. The Kier molecular flexibility index (Phi) is 6.70. The van der Waals surface area contributed by atoms with Crippen molar-refractivity contribution in [3.05, 3.63) is 76.0 Å². The van der Waals surface area contributed by atoms with Gasteiger partial charge in [-0.1, -0.05) is 0 Å². The van der Waals surface area contributed by atoms with E-state index in [0.717, 1.165) is 0 Å². The lowest BCUT2D eigenvalue weighted by Gasteiger charge is -2.34. The number of morpholine rings is 1. The second kappa shape index (κ2) is 9.56. The molecule has 184 valence electrons. The first-order valence-corrected chi connectivity index (χ1v) is 12.4. The third kappa shape index (κ3) is 5.24. The zero-order valence-electron chi connectivity index (χ0n) is 19.4. The molecule has 1 amide bonds. The number of hydrogen-bond donors (Lipinski definition) is 1. The van der Waals surface area contributed by atoms with Gasteiger partial charge in [0.05, 0.1) is 33.4 Å². The molecule has 0 saturated carbocycles. The summed E-state index contributed by atoms with van der Waals surface area (Å²) in [5.41, 5.74) is 1.38. The molecule has 1 N–H and O–H groups in total. The van der Waals surface area contributed by atoms with Crippen molar-refractivity contribution in [1.29, 1.82) is 0 Å². The van der Waals surface area contributed by atoms with Crippen LogP contribution < -0.4 is 5.32 Å². The quantitative estimate of drug-likeness (QED) is 0.406. The maximum atomic E-state index is 13.0. The number of nitrogens with one attached hydrogen (secondary N) is 1. The van der Waals surface area contributed by atoms with Crippen LogP contribution in [0.2, 0.25) is 0 Å². The Labute approximate surface area is 202 Å². The Balaban J connectivity index is 1.52. The van der Waals surface area contributed by atoms with Gasteiger partial charge in [0.15, 0.2) is 0 Å². The van der Waals surface area contributed by atoms with E-state index in [1.165, 1.54) is 57.5 Å². The number of carbonyl (C=O) groups excluding carboxylic acids is 1. The first kappa shape index (κ1) is 24.5. The number of ether oxygens (including phenoxy) is 1. The van der Waals surface area contributed by atoms with Crippen LogP contribution in [0.4, 0.5) is 11.5 Å². The number of nitro groups is 1. The number of sulfonamides is 1. The summed E-state index contributed by atoms with van der Waals surface area (Å²) in [6.45, 7) is 5.94. The van der Waals surface area contributed by atoms with Gasteiger partial charge in [-0.05, 0) is 57.2 Å². The number of nitrogens with zero attached hydrogens (tertiary/aromatic N) is 4. The third-order valence-corrected chi connectivity index (χ3v) is 7.36. The number of rotatable bonds is 6. The van der Waals surface area contributed by atoms with Crippen LogP contribution in [0.1, 0.15) is 29.9 Å². The van der Waals surface area contributed by atoms with E-state index in [2.05, 4.69) is 10.4 Å². The monoisotopic (exact) mass is 499 g/mol. The van der Waals surface area contributed by atoms with Crippen molar-refractivity contribution in [2.75, 3.05) is 18.4 Å². The molecule has 2 aromatic carbocycles. The summed E-state index contributed by atoms with van der Waals surface area (Å²) < 4.78 is 34.6. The summed E-state index contributed by atoms with van der Waals surface area (Å²) in [7, 11) is -3.72. The molecular formula is C23H25N5O6S. The fourth-order valence-corrected chi connectivity index (χ4v) is 5.53. The van der Waals surface area contributed by atoms with Crippen LogP contribution in [0.3, 0.4) is 0 Å². The molecule has 1 aliphatic heterocycles. The van der Waals surface area contributed by atoms with Crippen LogP contribution in [0.15, 0.2) is 59.5 Å². The molecule has 2 atom stereocenters. The average molecular weight is 500 g/mol. The van der Waals surface area contributed by atoms with Crippen molar-refractivity contribution in [1.82, 2.24) is 14.1 Å². The van der Waals surface area contributed by atoms with E-state index in [1.807, 2.05) is 13.8 Å². The minimum absolute atomic E-state index is 0.0563. The smallest absolute Gasteiger partial charge is 0.269 e. The third-order valence-electron chi connectivity index (χ3n) is 5.52. The molecular weight excluding hydrogens is 474 g/mol. The van der Waals surface area contributed by atoms with E-state index in [-0.39, 0.29) is 41.4 Å². The number of non-ortho nitro benzene ring substituents is 1. The van der Waals surface area contributed by atoms with Crippen LogP contribution in [0.25, 0.3) is 5.69 Å². The number of aryl methyl sites for hydroxylation is 1. The van der Waals surface area contributed by atoms with Gasteiger partial charge in [0, 0.05) is 36.9 Å². The predicted octanol–water partition coefficient (Wildman–Crippen LogP) is 3.14. The number of amides is 1. The molecule has 12 heteroatoms. The number of nitro benzene ring substituents is 1. The molecule has 1 fully saturated rings. The van der Waals surface area contributed by atoms with Gasteiger partial charge in [-0.15, -0.1) is 0 Å². The van der Waals surface area contributed by atoms with Crippen molar-refractivity contribution in [3.63, 3.8) is 0 Å². The molecule has 3 aromatic rings. The summed E-state index contributed by atoms with van der Waals surface area (Å²) in [5, 5.41) is 18.0. The van der Waals surface area contributed by atoms with Crippen LogP contribution >= 0.6 is 0 Å². The fourth-order valence-electron chi connectivity index (χ4n) is 3.94. The maximum Gasteiger partial charge on any atom is 0.269 e. The number of benzene rings is 2. The lowest BCUT2D eigenvalue weighted by Crippen LogP contribution is -2.48. The van der Waals surface area contributed by atoms with Crippen molar-refractivity contribution < 1.29 is 22.9 Å². The Hall–Kier alpha value is -3.61. The van der Waals surface area contributed by atoms with Gasteiger partial charge < -0.3 is 10.1 Å². The van der Waals surface area contributed by atoms with Gasteiger partial charge in [-0.3, -0.25) is 14.9 Å². The van der Waals surface area contributed by atoms with Crippen LogP contribution in [-0.2, 0) is 14.8 Å². The van der Waals surface area contributed by atoms with Crippen LogP contribution in [-0.4, -0.2) is 58.6 Å². The highest BCUT2D eigenvalue weighted by Gasteiger charge is 2.32. The molecule has 0 aliphatic carbocycles. The molecule has 1 aliphatic rings. The number of anilines is 1. The van der Waals surface area contributed by atoms with Crippen molar-refractivity contribution >= 4 is 27.4 Å². The normalized spacial score (nSPS) is 18.8. The van der Waals surface area contributed by atoms with Gasteiger partial charge >= 0.3 is 0 Å². The first-order valence-electron chi connectivity index (χ1n) is 10.9. The highest BCUT2D eigenvalue weighted by molar-refractivity contribution is 7.89. The molecule has 11 nitrogen and oxygen atoms in total. The Morgan fingerprint density at radius 1 is 1.09 bits per heavy atom. The van der Waals surface area contributed by atoms with Gasteiger partial charge in [0.25, 0.3) is 11.6 Å². The van der Waals surface area contributed by atoms with E-state index < -0.39 is 20.9 Å². The number of aromatic nitrogens is 2. The van der Waals surface area contributed by atoms with Crippen molar-refractivity contribution in [3.8, 4) is 5.69 Å². The van der Waals surface area contributed by atoms with Gasteiger partial charge in [0.1, 0.15) is 5.82 Å². The number of hydrogen-bond acceptors (Lipinski definition) is 7. The largest absolute Gasteiger partial charge is 0.373 e. The van der Waals surface area contributed by atoms with Crippen LogP contribution in [0.5, 0.6) is 0 Å². The minimum Gasteiger partial charge on any atom is -0.373 e. The highest BCUT2D eigenvalue weighted by atomic mass is 32.2. The van der Waals surface area contributed by atoms with E-state index in [0.29, 0.717) is 17.2 Å². The van der Waals surface area contributed by atoms with Crippen LogP contribution in [0, 0.1) is 17.0 Å². The Morgan fingerprint density at radius 2 is 1.69 bits per heavy atom. The van der Waals surface area contributed by atoms with Crippen molar-refractivity contribution in [2.45, 2.75) is 37.9 Å². The van der Waals surface area contributed by atoms with Gasteiger partial charge in [-0.25, -0.2) is 13.1 Å². The molecule has 0 radical (unpaired) electrons. The second-order valence-corrected chi connectivity index (χ2v) is 10.4. The molecule has 0 bridgehead atoms. The summed E-state index contributed by atoms with van der Waals surface area (Å²) in [5.74, 6) is -0.0834. The highest BCUT2D eigenvalue weighted by Crippen LogP contribution is 2.23. The van der Waals surface area contributed by atoms with Crippen molar-refractivity contribution in [2.24, 2.45) is 0 Å².